The molecule has 0 amide bonds. The summed E-state index contributed by atoms with van der Waals surface area (Å²) < 4.78 is 18.3. The Balaban J connectivity index is 0.00000169. The molecule has 0 unspecified atom stereocenters. The molecule has 1 fully saturated rings. The average molecular weight is 350 g/mol. The van der Waals surface area contributed by atoms with Crippen LogP contribution in [0.5, 0.6) is 0 Å². The number of rotatable bonds is 3. The molecule has 1 aliphatic rings. The van der Waals surface area contributed by atoms with E-state index in [4.69, 9.17) is 10.3 Å². The van der Waals surface area contributed by atoms with Crippen molar-refractivity contribution in [1.82, 2.24) is 20.3 Å². The lowest BCUT2D eigenvalue weighted by molar-refractivity contribution is 0.372. The maximum atomic E-state index is 13.0. The second-order valence-electron chi connectivity index (χ2n) is 5.96. The van der Waals surface area contributed by atoms with Gasteiger partial charge >= 0.3 is 0 Å². The first kappa shape index (κ1) is 16.6. The third-order valence-corrected chi connectivity index (χ3v) is 4.32. The standard InChI is InChI=1S/C16H16FN5O.ClH/c17-11-5-3-10(4-6-11)12-9-13(21-20-12)14-19-15(22-23-14)16(18)7-1-2-8-16;/h3-6,9H,1-2,7-8,18H2,(H,20,21);1H. The summed E-state index contributed by atoms with van der Waals surface area (Å²) >= 11 is 0. The number of nitrogens with zero attached hydrogens (tertiary/aromatic N) is 3. The smallest absolute Gasteiger partial charge is 0.276 e. The molecule has 0 radical (unpaired) electrons. The van der Waals surface area contributed by atoms with Gasteiger partial charge in [-0.25, -0.2) is 4.39 Å². The van der Waals surface area contributed by atoms with E-state index in [0.29, 0.717) is 23.1 Å². The van der Waals surface area contributed by atoms with E-state index >= 15 is 0 Å². The molecular formula is C16H17ClFN5O. The van der Waals surface area contributed by atoms with Gasteiger partial charge in [-0.05, 0) is 43.2 Å². The summed E-state index contributed by atoms with van der Waals surface area (Å²) in [6, 6.07) is 7.92. The van der Waals surface area contributed by atoms with Gasteiger partial charge in [0.25, 0.3) is 5.89 Å². The van der Waals surface area contributed by atoms with Crippen molar-refractivity contribution in [3.8, 4) is 22.8 Å². The van der Waals surface area contributed by atoms with E-state index in [1.807, 2.05) is 0 Å². The SMILES string of the molecule is Cl.NC1(c2noc(-c3cc(-c4ccc(F)cc4)n[nH]3)n2)CCCC1. The Labute approximate surface area is 144 Å². The number of hydrogen-bond acceptors (Lipinski definition) is 5. The van der Waals surface area contributed by atoms with Crippen LogP contribution in [0, 0.1) is 5.82 Å². The van der Waals surface area contributed by atoms with Gasteiger partial charge in [0, 0.05) is 5.56 Å². The summed E-state index contributed by atoms with van der Waals surface area (Å²) in [6.07, 6.45) is 3.91. The van der Waals surface area contributed by atoms with Crippen LogP contribution in [0.25, 0.3) is 22.8 Å². The second kappa shape index (κ2) is 6.33. The molecule has 1 aliphatic carbocycles. The minimum Gasteiger partial charge on any atom is -0.332 e. The monoisotopic (exact) mass is 349 g/mol. The topological polar surface area (TPSA) is 93.6 Å². The van der Waals surface area contributed by atoms with Gasteiger partial charge in [-0.3, -0.25) is 5.10 Å². The van der Waals surface area contributed by atoms with Crippen LogP contribution in [0.4, 0.5) is 4.39 Å². The average Bonchev–Trinajstić information content (AvgIpc) is 3.28. The lowest BCUT2D eigenvalue weighted by Gasteiger charge is -2.17. The summed E-state index contributed by atoms with van der Waals surface area (Å²) in [5.74, 6) is 0.622. The van der Waals surface area contributed by atoms with Crippen LogP contribution >= 0.6 is 12.4 Å². The van der Waals surface area contributed by atoms with E-state index < -0.39 is 5.54 Å². The molecular weight excluding hydrogens is 333 g/mol. The van der Waals surface area contributed by atoms with Crippen LogP contribution in [0.1, 0.15) is 31.5 Å². The normalized spacial score (nSPS) is 16.1. The first-order chi connectivity index (χ1) is 11.1. The van der Waals surface area contributed by atoms with Gasteiger partial charge in [-0.2, -0.15) is 10.1 Å². The molecule has 0 atom stereocenters. The molecule has 4 rings (SSSR count). The predicted molar refractivity (Wildman–Crippen MR) is 88.9 cm³/mol. The van der Waals surface area contributed by atoms with E-state index in [-0.39, 0.29) is 18.2 Å². The van der Waals surface area contributed by atoms with Crippen LogP contribution in [0.15, 0.2) is 34.9 Å². The van der Waals surface area contributed by atoms with Crippen LogP contribution < -0.4 is 5.73 Å². The van der Waals surface area contributed by atoms with E-state index in [9.17, 15) is 4.39 Å². The van der Waals surface area contributed by atoms with Gasteiger partial charge < -0.3 is 10.3 Å². The van der Waals surface area contributed by atoms with Crippen LogP contribution in [0.3, 0.4) is 0 Å². The molecule has 0 bridgehead atoms. The molecule has 0 saturated heterocycles. The molecule has 3 aromatic rings. The van der Waals surface area contributed by atoms with Gasteiger partial charge in [0.15, 0.2) is 5.82 Å². The van der Waals surface area contributed by atoms with Crippen molar-refractivity contribution in [2.45, 2.75) is 31.2 Å². The predicted octanol–water partition coefficient (Wildman–Crippen LogP) is 3.42. The van der Waals surface area contributed by atoms with Crippen molar-refractivity contribution in [3.63, 3.8) is 0 Å². The van der Waals surface area contributed by atoms with Crippen molar-refractivity contribution in [2.24, 2.45) is 5.73 Å². The molecule has 1 saturated carbocycles. The van der Waals surface area contributed by atoms with Gasteiger partial charge in [0.2, 0.25) is 0 Å². The highest BCUT2D eigenvalue weighted by atomic mass is 35.5. The third kappa shape index (κ3) is 2.92. The zero-order valence-corrected chi connectivity index (χ0v) is 13.6. The number of H-pyrrole nitrogens is 1. The summed E-state index contributed by atoms with van der Waals surface area (Å²) in [5.41, 5.74) is 7.96. The summed E-state index contributed by atoms with van der Waals surface area (Å²) in [5, 5.41) is 11.1. The Kier molecular flexibility index (Phi) is 4.38. The van der Waals surface area contributed by atoms with E-state index in [2.05, 4.69) is 20.3 Å². The van der Waals surface area contributed by atoms with Gasteiger partial charge in [-0.1, -0.05) is 18.0 Å². The summed E-state index contributed by atoms with van der Waals surface area (Å²) in [4.78, 5) is 4.42. The van der Waals surface area contributed by atoms with Crippen LogP contribution in [-0.4, -0.2) is 20.3 Å². The van der Waals surface area contributed by atoms with Crippen molar-refractivity contribution in [3.05, 3.63) is 42.0 Å². The fraction of sp³-hybridized carbons (Fsp3) is 0.312. The molecule has 8 heteroatoms. The fourth-order valence-electron chi connectivity index (χ4n) is 2.96. The number of aromatic nitrogens is 4. The van der Waals surface area contributed by atoms with Crippen LogP contribution in [-0.2, 0) is 5.54 Å². The van der Waals surface area contributed by atoms with Crippen LogP contribution in [0.2, 0.25) is 0 Å². The minimum absolute atomic E-state index is 0. The summed E-state index contributed by atoms with van der Waals surface area (Å²) in [7, 11) is 0. The quantitative estimate of drug-likeness (QED) is 0.755. The molecule has 24 heavy (non-hydrogen) atoms. The van der Waals surface area contributed by atoms with Gasteiger partial charge in [-0.15, -0.1) is 12.4 Å². The first-order valence-corrected chi connectivity index (χ1v) is 7.59. The zero-order valence-electron chi connectivity index (χ0n) is 12.8. The molecule has 2 aromatic heterocycles. The lowest BCUT2D eigenvalue weighted by Crippen LogP contribution is -2.34. The number of hydrogen-bond donors (Lipinski definition) is 2. The van der Waals surface area contributed by atoms with Gasteiger partial charge in [0.1, 0.15) is 11.5 Å². The largest absolute Gasteiger partial charge is 0.332 e. The molecule has 6 nitrogen and oxygen atoms in total. The highest BCUT2D eigenvalue weighted by Gasteiger charge is 2.36. The zero-order chi connectivity index (χ0) is 15.9. The highest BCUT2D eigenvalue weighted by molar-refractivity contribution is 5.85. The van der Waals surface area contributed by atoms with Crippen molar-refractivity contribution in [2.75, 3.05) is 0 Å². The van der Waals surface area contributed by atoms with E-state index in [1.165, 1.54) is 12.1 Å². The maximum Gasteiger partial charge on any atom is 0.276 e. The molecule has 0 aliphatic heterocycles. The third-order valence-electron chi connectivity index (χ3n) is 4.32. The number of nitrogens with one attached hydrogen (secondary N) is 1. The number of nitrogens with two attached hydrogens (primary N) is 1. The number of benzene rings is 1. The van der Waals surface area contributed by atoms with Crippen molar-refractivity contribution in [1.29, 1.82) is 0 Å². The maximum absolute atomic E-state index is 13.0. The Morgan fingerprint density at radius 1 is 1.17 bits per heavy atom. The first-order valence-electron chi connectivity index (χ1n) is 7.59. The van der Waals surface area contributed by atoms with E-state index in [0.717, 1.165) is 31.2 Å². The van der Waals surface area contributed by atoms with Crippen molar-refractivity contribution >= 4 is 12.4 Å². The Morgan fingerprint density at radius 3 is 2.58 bits per heavy atom. The molecule has 1 aromatic carbocycles. The molecule has 0 spiro atoms. The van der Waals surface area contributed by atoms with Gasteiger partial charge in [0.05, 0.1) is 11.2 Å². The number of halogens is 2. The Morgan fingerprint density at radius 2 is 1.88 bits per heavy atom. The molecule has 3 N–H and O–H groups in total. The summed E-state index contributed by atoms with van der Waals surface area (Å²) in [6.45, 7) is 0. The fourth-order valence-corrected chi connectivity index (χ4v) is 2.96. The Bertz CT molecular complexity index is 823. The highest BCUT2D eigenvalue weighted by Crippen LogP contribution is 2.35. The lowest BCUT2D eigenvalue weighted by atomic mass is 9.99. The minimum atomic E-state index is -0.485. The Hall–Kier alpha value is -2.25. The number of aromatic amines is 1. The molecule has 126 valence electrons. The molecule has 2 heterocycles. The van der Waals surface area contributed by atoms with E-state index in [1.54, 1.807) is 18.2 Å². The second-order valence-corrected chi connectivity index (χ2v) is 5.96. The van der Waals surface area contributed by atoms with Crippen molar-refractivity contribution < 1.29 is 8.91 Å².